The Labute approximate surface area is 183 Å². The molecule has 1 aromatic carbocycles. The highest BCUT2D eigenvalue weighted by Crippen LogP contribution is 2.63. The van der Waals surface area contributed by atoms with Crippen molar-refractivity contribution in [1.29, 1.82) is 0 Å². The van der Waals surface area contributed by atoms with Crippen molar-refractivity contribution in [1.82, 2.24) is 4.90 Å². The van der Waals surface area contributed by atoms with Gasteiger partial charge in [0.1, 0.15) is 23.2 Å². The van der Waals surface area contributed by atoms with E-state index in [0.29, 0.717) is 25.1 Å². The lowest BCUT2D eigenvalue weighted by molar-refractivity contribution is -0.125. The molecule has 1 fully saturated rings. The molecule has 1 aromatic rings. The summed E-state index contributed by atoms with van der Waals surface area (Å²) >= 11 is 0. The van der Waals surface area contributed by atoms with E-state index in [9.17, 15) is 15.0 Å². The van der Waals surface area contributed by atoms with Crippen LogP contribution in [-0.2, 0) is 6.54 Å². The number of hydrogen-bond acceptors (Lipinski definition) is 5. The topological polar surface area (TPSA) is 79.2 Å². The summed E-state index contributed by atoms with van der Waals surface area (Å²) in [6, 6.07) is 1.89. The molecule has 6 nitrogen and oxygen atoms in total. The van der Waals surface area contributed by atoms with E-state index in [1.165, 1.54) is 5.57 Å². The summed E-state index contributed by atoms with van der Waals surface area (Å²) < 4.78 is 13.2. The van der Waals surface area contributed by atoms with Crippen LogP contribution in [0.1, 0.15) is 80.8 Å². The minimum absolute atomic E-state index is 0.0616. The van der Waals surface area contributed by atoms with Gasteiger partial charge in [0.25, 0.3) is 5.91 Å². The SMILES string of the molecule is CC(C)=CCC[C@]1(C)Oc2cc3c(c4c2[C@H]2[C@@H](O4)[C@@](C)(O)CC[C@H]21)CN(CCO)C3=O. The van der Waals surface area contributed by atoms with Gasteiger partial charge in [-0.2, -0.15) is 0 Å². The van der Waals surface area contributed by atoms with Gasteiger partial charge in [0.2, 0.25) is 0 Å². The molecule has 5 rings (SSSR count). The second-order valence-electron chi connectivity index (χ2n) is 10.4. The number of aliphatic hydroxyl groups is 2. The number of aliphatic hydroxyl groups excluding tert-OH is 1. The largest absolute Gasteiger partial charge is 0.487 e. The van der Waals surface area contributed by atoms with Gasteiger partial charge in [0.05, 0.1) is 24.3 Å². The molecule has 0 spiro atoms. The van der Waals surface area contributed by atoms with E-state index < -0.39 is 5.60 Å². The van der Waals surface area contributed by atoms with Crippen molar-refractivity contribution in [3.05, 3.63) is 34.4 Å². The number of β-amino-alcohol motifs (C(OH)–C–C–N with tert-alkyl or cyclic N) is 1. The van der Waals surface area contributed by atoms with Crippen LogP contribution in [0, 0.1) is 5.92 Å². The van der Waals surface area contributed by atoms with Crippen LogP contribution in [0.4, 0.5) is 0 Å². The normalized spacial score (nSPS) is 34.7. The zero-order valence-electron chi connectivity index (χ0n) is 18.9. The van der Waals surface area contributed by atoms with Crippen molar-refractivity contribution in [2.24, 2.45) is 5.92 Å². The summed E-state index contributed by atoms with van der Waals surface area (Å²) in [5.41, 5.74) is 2.50. The summed E-state index contributed by atoms with van der Waals surface area (Å²) in [5.74, 6) is 1.68. The van der Waals surface area contributed by atoms with Crippen LogP contribution in [0.3, 0.4) is 0 Å². The van der Waals surface area contributed by atoms with Crippen LogP contribution >= 0.6 is 0 Å². The summed E-state index contributed by atoms with van der Waals surface area (Å²) in [6.45, 7) is 8.93. The first-order chi connectivity index (χ1) is 14.7. The van der Waals surface area contributed by atoms with Crippen molar-refractivity contribution in [3.63, 3.8) is 0 Å². The molecule has 5 atom stereocenters. The van der Waals surface area contributed by atoms with Crippen LogP contribution in [0.15, 0.2) is 17.7 Å². The Bertz CT molecular complexity index is 963. The highest BCUT2D eigenvalue weighted by molar-refractivity contribution is 6.00. The van der Waals surface area contributed by atoms with Crippen molar-refractivity contribution in [2.75, 3.05) is 13.2 Å². The van der Waals surface area contributed by atoms with Crippen molar-refractivity contribution >= 4 is 5.91 Å². The Hall–Kier alpha value is -2.05. The standard InChI is InChI=1S/C25H33NO5/c1-14(2)6-5-8-25(4)17-7-9-24(3,29)22-19(17)20-18(31-25)12-15-16(21(20)30-22)13-26(10-11-27)23(15)28/h6,12,17,19,22,27,29H,5,7-11,13H2,1-4H3/t17-,19+,22-,24+,25+/m1/s1. The average Bonchev–Trinajstić information content (AvgIpc) is 3.23. The Balaban J connectivity index is 1.61. The van der Waals surface area contributed by atoms with Crippen LogP contribution in [-0.4, -0.2) is 51.5 Å². The van der Waals surface area contributed by atoms with Crippen molar-refractivity contribution in [3.8, 4) is 11.5 Å². The van der Waals surface area contributed by atoms with Gasteiger partial charge < -0.3 is 24.6 Å². The zero-order valence-corrected chi connectivity index (χ0v) is 18.9. The minimum Gasteiger partial charge on any atom is -0.487 e. The van der Waals surface area contributed by atoms with Gasteiger partial charge in [-0.05, 0) is 59.4 Å². The van der Waals surface area contributed by atoms with Gasteiger partial charge >= 0.3 is 0 Å². The average molecular weight is 428 g/mol. The van der Waals surface area contributed by atoms with Crippen LogP contribution in [0.2, 0.25) is 0 Å². The minimum atomic E-state index is -0.921. The molecule has 6 heteroatoms. The number of hydrogen-bond donors (Lipinski definition) is 2. The fraction of sp³-hybridized carbons (Fsp3) is 0.640. The molecule has 1 amide bonds. The molecule has 3 aliphatic heterocycles. The number of fused-ring (bicyclic) bond motifs is 2. The first-order valence-electron chi connectivity index (χ1n) is 11.5. The number of ether oxygens (including phenoxy) is 2. The van der Waals surface area contributed by atoms with Crippen molar-refractivity contribution in [2.45, 2.75) is 83.1 Å². The van der Waals surface area contributed by atoms with E-state index in [4.69, 9.17) is 9.47 Å². The number of nitrogens with zero attached hydrogens (tertiary/aromatic N) is 1. The molecule has 0 saturated heterocycles. The molecule has 0 aromatic heterocycles. The second-order valence-corrected chi connectivity index (χ2v) is 10.4. The molecule has 4 aliphatic rings. The van der Waals surface area contributed by atoms with Gasteiger partial charge in [-0.15, -0.1) is 0 Å². The monoisotopic (exact) mass is 427 g/mol. The van der Waals surface area contributed by atoms with E-state index in [0.717, 1.165) is 41.9 Å². The quantitative estimate of drug-likeness (QED) is 0.703. The molecule has 1 saturated carbocycles. The third-order valence-corrected chi connectivity index (χ3v) is 7.85. The molecule has 2 N–H and O–H groups in total. The summed E-state index contributed by atoms with van der Waals surface area (Å²) in [4.78, 5) is 14.6. The third-order valence-electron chi connectivity index (χ3n) is 7.85. The first kappa shape index (κ1) is 20.8. The van der Waals surface area contributed by atoms with Crippen LogP contribution in [0.5, 0.6) is 11.5 Å². The zero-order chi connectivity index (χ0) is 22.1. The predicted octanol–water partition coefficient (Wildman–Crippen LogP) is 3.54. The fourth-order valence-corrected chi connectivity index (χ4v) is 6.25. The molecule has 31 heavy (non-hydrogen) atoms. The molecule has 0 unspecified atom stereocenters. The summed E-state index contributed by atoms with van der Waals surface area (Å²) in [7, 11) is 0. The molecule has 3 heterocycles. The Morgan fingerprint density at radius 3 is 2.84 bits per heavy atom. The smallest absolute Gasteiger partial charge is 0.254 e. The summed E-state index contributed by atoms with van der Waals surface area (Å²) in [5, 5.41) is 20.6. The number of benzene rings is 1. The Morgan fingerprint density at radius 2 is 2.13 bits per heavy atom. The van der Waals surface area contributed by atoms with Gasteiger partial charge in [-0.1, -0.05) is 11.6 Å². The second kappa shape index (κ2) is 6.97. The Morgan fingerprint density at radius 1 is 1.35 bits per heavy atom. The lowest BCUT2D eigenvalue weighted by atomic mass is 9.61. The predicted molar refractivity (Wildman–Crippen MR) is 116 cm³/mol. The van der Waals surface area contributed by atoms with E-state index in [1.807, 2.05) is 13.0 Å². The van der Waals surface area contributed by atoms with Crippen LogP contribution < -0.4 is 9.47 Å². The fourth-order valence-electron chi connectivity index (χ4n) is 6.25. The maximum Gasteiger partial charge on any atom is 0.254 e. The lowest BCUT2D eigenvalue weighted by Gasteiger charge is -2.51. The number of allylic oxidation sites excluding steroid dienone is 2. The van der Waals surface area contributed by atoms with E-state index >= 15 is 0 Å². The number of amides is 1. The van der Waals surface area contributed by atoms with E-state index in [2.05, 4.69) is 26.8 Å². The van der Waals surface area contributed by atoms with Crippen molar-refractivity contribution < 1.29 is 24.5 Å². The van der Waals surface area contributed by atoms with Crippen LogP contribution in [0.25, 0.3) is 0 Å². The molecule has 1 aliphatic carbocycles. The lowest BCUT2D eigenvalue weighted by Crippen LogP contribution is -2.57. The molecule has 0 radical (unpaired) electrons. The highest BCUT2D eigenvalue weighted by atomic mass is 16.5. The molecular weight excluding hydrogens is 394 g/mol. The number of rotatable bonds is 5. The van der Waals surface area contributed by atoms with E-state index in [1.54, 1.807) is 4.90 Å². The molecule has 168 valence electrons. The molecular formula is C25H33NO5. The first-order valence-corrected chi connectivity index (χ1v) is 11.5. The maximum atomic E-state index is 13.0. The maximum absolute atomic E-state index is 13.0. The van der Waals surface area contributed by atoms with Gasteiger partial charge in [-0.3, -0.25) is 4.79 Å². The Kier molecular flexibility index (Phi) is 4.69. The van der Waals surface area contributed by atoms with Gasteiger partial charge in [0.15, 0.2) is 0 Å². The number of carbonyl (C=O) groups is 1. The van der Waals surface area contributed by atoms with E-state index in [-0.39, 0.29) is 36.1 Å². The third kappa shape index (κ3) is 3.02. The van der Waals surface area contributed by atoms with Gasteiger partial charge in [0, 0.05) is 29.5 Å². The highest BCUT2D eigenvalue weighted by Gasteiger charge is 2.61. The van der Waals surface area contributed by atoms with Gasteiger partial charge in [-0.25, -0.2) is 0 Å². The molecule has 0 bridgehead atoms. The summed E-state index contributed by atoms with van der Waals surface area (Å²) in [6.07, 6.45) is 5.27. The number of carbonyl (C=O) groups excluding carboxylic acids is 1.